The number of aromatic nitrogens is 3. The molecule has 2 N–H and O–H groups in total. The molecule has 3 saturated heterocycles. The maximum atomic E-state index is 13.1. The van der Waals surface area contributed by atoms with Gasteiger partial charge >= 0.3 is 6.03 Å². The van der Waals surface area contributed by atoms with Gasteiger partial charge in [0, 0.05) is 80.4 Å². The van der Waals surface area contributed by atoms with E-state index in [1.165, 1.54) is 0 Å². The monoisotopic (exact) mass is 629 g/mol. The average molecular weight is 630 g/mol. The molecular formula is C33H43N9O4. The van der Waals surface area contributed by atoms with Crippen LogP contribution in [-0.4, -0.2) is 121 Å². The Kier molecular flexibility index (Phi) is 9.91. The van der Waals surface area contributed by atoms with Crippen LogP contribution in [0.15, 0.2) is 48.5 Å². The molecule has 1 aromatic heterocycles. The number of benzene rings is 2. The number of nitrogens with one attached hydrogen (secondary N) is 2. The molecule has 3 amide bonds. The molecule has 0 spiro atoms. The van der Waals surface area contributed by atoms with E-state index in [9.17, 15) is 9.59 Å². The minimum absolute atomic E-state index is 0.0126. The van der Waals surface area contributed by atoms with Crippen LogP contribution in [0.25, 0.3) is 11.4 Å². The Labute approximate surface area is 269 Å². The van der Waals surface area contributed by atoms with E-state index in [4.69, 9.17) is 24.4 Å². The highest BCUT2D eigenvalue weighted by Crippen LogP contribution is 2.24. The third kappa shape index (κ3) is 7.54. The quantitative estimate of drug-likeness (QED) is 0.401. The lowest BCUT2D eigenvalue weighted by atomic mass is 10.1. The number of carbonyl (C=O) groups is 2. The van der Waals surface area contributed by atoms with Crippen LogP contribution >= 0.6 is 0 Å². The highest BCUT2D eigenvalue weighted by molar-refractivity contribution is 6.00. The SMILES string of the molecule is CC(C)N1CCN(C(=O)c2ccc(NC(=O)Nc3ccc(-c4nc(N5CCOCC5)nc(N5CCOCC5)n4)cc3)cc2)CC1C. The topological polar surface area (TPSA) is 128 Å². The van der Waals surface area contributed by atoms with Gasteiger partial charge in [-0.1, -0.05) is 0 Å². The van der Waals surface area contributed by atoms with Crippen LogP contribution in [-0.2, 0) is 9.47 Å². The Morgan fingerprint density at radius 1 is 0.739 bits per heavy atom. The molecule has 244 valence electrons. The van der Waals surface area contributed by atoms with Gasteiger partial charge in [-0.3, -0.25) is 9.69 Å². The summed E-state index contributed by atoms with van der Waals surface area (Å²) in [7, 11) is 0. The normalized spacial score (nSPS) is 19.3. The van der Waals surface area contributed by atoms with Crippen molar-refractivity contribution in [3.63, 3.8) is 0 Å². The van der Waals surface area contributed by atoms with Crippen LogP contribution in [0.5, 0.6) is 0 Å². The number of morpholine rings is 2. The standard InChI is InChI=1S/C33H43N9O4/c1-23(2)42-13-12-41(22-24(42)3)30(43)26-6-10-28(11-7-26)35-33(44)34-27-8-4-25(5-9-27)29-36-31(39-14-18-45-19-15-39)38-32(37-29)40-16-20-46-21-17-40/h4-11,23-24H,12-22H2,1-3H3,(H2,34,35,44). The van der Waals surface area contributed by atoms with Gasteiger partial charge in [-0.05, 0) is 69.3 Å². The second-order valence-electron chi connectivity index (χ2n) is 12.1. The molecule has 0 radical (unpaired) electrons. The van der Waals surface area contributed by atoms with E-state index in [0.29, 0.717) is 86.3 Å². The Bertz CT molecular complexity index is 1450. The zero-order valence-electron chi connectivity index (χ0n) is 26.8. The molecule has 13 heteroatoms. The number of hydrogen-bond acceptors (Lipinski definition) is 10. The number of nitrogens with zero attached hydrogens (tertiary/aromatic N) is 7. The van der Waals surface area contributed by atoms with E-state index >= 15 is 0 Å². The number of anilines is 4. The molecule has 13 nitrogen and oxygen atoms in total. The second kappa shape index (κ2) is 14.4. The number of piperazine rings is 1. The molecule has 3 aliphatic rings. The number of urea groups is 1. The average Bonchev–Trinajstić information content (AvgIpc) is 3.09. The molecular weight excluding hydrogens is 586 g/mol. The minimum atomic E-state index is -0.380. The highest BCUT2D eigenvalue weighted by Gasteiger charge is 2.28. The summed E-state index contributed by atoms with van der Waals surface area (Å²) in [5, 5.41) is 5.72. The lowest BCUT2D eigenvalue weighted by Crippen LogP contribution is -2.55. The Morgan fingerprint density at radius 2 is 1.26 bits per heavy atom. The summed E-state index contributed by atoms with van der Waals surface area (Å²) in [4.78, 5) is 48.8. The zero-order valence-corrected chi connectivity index (χ0v) is 26.8. The van der Waals surface area contributed by atoms with E-state index < -0.39 is 0 Å². The lowest BCUT2D eigenvalue weighted by Gasteiger charge is -2.42. The van der Waals surface area contributed by atoms with E-state index in [0.717, 1.165) is 38.3 Å². The van der Waals surface area contributed by atoms with Gasteiger partial charge in [0.05, 0.1) is 26.4 Å². The summed E-state index contributed by atoms with van der Waals surface area (Å²) in [6.45, 7) is 14.2. The number of amides is 3. The molecule has 6 rings (SSSR count). The molecule has 46 heavy (non-hydrogen) atoms. The fraction of sp³-hybridized carbons (Fsp3) is 0.485. The first-order valence-corrected chi connectivity index (χ1v) is 16.1. The van der Waals surface area contributed by atoms with Crippen molar-refractivity contribution in [2.24, 2.45) is 0 Å². The van der Waals surface area contributed by atoms with Crippen molar-refractivity contribution in [2.45, 2.75) is 32.9 Å². The first kappa shape index (κ1) is 31.6. The summed E-state index contributed by atoms with van der Waals surface area (Å²) in [5.41, 5.74) is 2.65. The zero-order chi connectivity index (χ0) is 32.0. The molecule has 2 aromatic carbocycles. The Hall–Kier alpha value is -4.33. The predicted molar refractivity (Wildman–Crippen MR) is 178 cm³/mol. The fourth-order valence-electron chi connectivity index (χ4n) is 6.09. The van der Waals surface area contributed by atoms with Crippen molar-refractivity contribution in [1.29, 1.82) is 0 Å². The fourth-order valence-corrected chi connectivity index (χ4v) is 6.09. The number of hydrogen-bond donors (Lipinski definition) is 2. The van der Waals surface area contributed by atoms with Crippen LogP contribution in [0.1, 0.15) is 31.1 Å². The molecule has 4 heterocycles. The van der Waals surface area contributed by atoms with Crippen molar-refractivity contribution in [3.05, 3.63) is 54.1 Å². The summed E-state index contributed by atoms with van der Waals surface area (Å²) in [5.74, 6) is 1.85. The number of rotatable bonds is 7. The summed E-state index contributed by atoms with van der Waals surface area (Å²) >= 11 is 0. The van der Waals surface area contributed by atoms with Gasteiger partial charge in [-0.2, -0.15) is 15.0 Å². The molecule has 1 unspecified atom stereocenters. The van der Waals surface area contributed by atoms with Crippen molar-refractivity contribution in [3.8, 4) is 11.4 Å². The van der Waals surface area contributed by atoms with Crippen molar-refractivity contribution < 1.29 is 19.1 Å². The third-order valence-corrected chi connectivity index (χ3v) is 8.62. The van der Waals surface area contributed by atoms with Gasteiger partial charge in [0.1, 0.15) is 0 Å². The van der Waals surface area contributed by atoms with Gasteiger partial charge in [0.2, 0.25) is 11.9 Å². The molecule has 3 fully saturated rings. The van der Waals surface area contributed by atoms with Crippen LogP contribution < -0.4 is 20.4 Å². The van der Waals surface area contributed by atoms with Crippen LogP contribution in [0.4, 0.5) is 28.1 Å². The van der Waals surface area contributed by atoms with Crippen molar-refractivity contribution >= 4 is 35.2 Å². The molecule has 3 aromatic rings. The second-order valence-corrected chi connectivity index (χ2v) is 12.1. The Morgan fingerprint density at radius 3 is 1.76 bits per heavy atom. The molecule has 3 aliphatic heterocycles. The molecule has 0 bridgehead atoms. The lowest BCUT2D eigenvalue weighted by molar-refractivity contribution is 0.0426. The van der Waals surface area contributed by atoms with Crippen LogP contribution in [0.2, 0.25) is 0 Å². The minimum Gasteiger partial charge on any atom is -0.378 e. The first-order valence-electron chi connectivity index (χ1n) is 16.1. The molecule has 1 atom stereocenters. The van der Waals surface area contributed by atoms with E-state index in [-0.39, 0.29) is 11.9 Å². The van der Waals surface area contributed by atoms with E-state index in [1.54, 1.807) is 24.3 Å². The molecule has 0 aliphatic carbocycles. The van der Waals surface area contributed by atoms with Gasteiger partial charge in [0.15, 0.2) is 5.82 Å². The van der Waals surface area contributed by atoms with Gasteiger partial charge in [0.25, 0.3) is 5.91 Å². The first-order chi connectivity index (χ1) is 22.3. The third-order valence-electron chi connectivity index (χ3n) is 8.62. The van der Waals surface area contributed by atoms with E-state index in [1.807, 2.05) is 29.2 Å². The van der Waals surface area contributed by atoms with Crippen LogP contribution in [0, 0.1) is 0 Å². The summed E-state index contributed by atoms with van der Waals surface area (Å²) in [6, 6.07) is 14.8. The van der Waals surface area contributed by atoms with E-state index in [2.05, 4.69) is 46.1 Å². The Balaban J connectivity index is 1.08. The highest BCUT2D eigenvalue weighted by atomic mass is 16.5. The van der Waals surface area contributed by atoms with Gasteiger partial charge in [-0.15, -0.1) is 0 Å². The molecule has 0 saturated carbocycles. The number of ether oxygens (including phenoxy) is 2. The van der Waals surface area contributed by atoms with Crippen molar-refractivity contribution in [1.82, 2.24) is 24.8 Å². The smallest absolute Gasteiger partial charge is 0.323 e. The predicted octanol–water partition coefficient (Wildman–Crippen LogP) is 3.41. The maximum absolute atomic E-state index is 13.1. The maximum Gasteiger partial charge on any atom is 0.323 e. The van der Waals surface area contributed by atoms with Gasteiger partial charge < -0.3 is 34.8 Å². The summed E-state index contributed by atoms with van der Waals surface area (Å²) < 4.78 is 11.0. The van der Waals surface area contributed by atoms with Gasteiger partial charge in [-0.25, -0.2) is 4.79 Å². The largest absolute Gasteiger partial charge is 0.378 e. The van der Waals surface area contributed by atoms with Crippen LogP contribution in [0.3, 0.4) is 0 Å². The number of carbonyl (C=O) groups excluding carboxylic acids is 2. The van der Waals surface area contributed by atoms with Crippen molar-refractivity contribution in [2.75, 3.05) is 92.7 Å². The summed E-state index contributed by atoms with van der Waals surface area (Å²) in [6.07, 6.45) is 0.